The van der Waals surface area contributed by atoms with E-state index in [0.717, 1.165) is 0 Å². The van der Waals surface area contributed by atoms with Gasteiger partial charge in [0.1, 0.15) is 11.2 Å². The number of benzene rings is 1. The molecule has 0 aliphatic carbocycles. The SMILES string of the molecule is CCOC(=O)C(C)(CN)c1cc(NC(C)=O)ccc1OC. The molecule has 0 aromatic heterocycles. The van der Waals surface area contributed by atoms with Gasteiger partial charge in [-0.2, -0.15) is 0 Å². The Morgan fingerprint density at radius 2 is 2.05 bits per heavy atom. The lowest BCUT2D eigenvalue weighted by Gasteiger charge is -2.28. The minimum absolute atomic E-state index is 0.0612. The van der Waals surface area contributed by atoms with Crippen LogP contribution < -0.4 is 15.8 Å². The Bertz CT molecular complexity index is 530. The van der Waals surface area contributed by atoms with E-state index in [1.165, 1.54) is 14.0 Å². The summed E-state index contributed by atoms with van der Waals surface area (Å²) in [6.07, 6.45) is 0. The van der Waals surface area contributed by atoms with Gasteiger partial charge in [0.25, 0.3) is 0 Å². The Kier molecular flexibility index (Phi) is 5.72. The molecule has 0 radical (unpaired) electrons. The summed E-state index contributed by atoms with van der Waals surface area (Å²) in [5.41, 5.74) is 5.91. The summed E-state index contributed by atoms with van der Waals surface area (Å²) < 4.78 is 10.4. The standard InChI is InChI=1S/C15H22N2O4/c1-5-21-14(19)15(3,9-16)12-8-11(17-10(2)18)6-7-13(12)20-4/h6-8H,5,9,16H2,1-4H3,(H,17,18). The smallest absolute Gasteiger partial charge is 0.317 e. The molecule has 6 heteroatoms. The molecule has 1 atom stereocenters. The molecule has 21 heavy (non-hydrogen) atoms. The molecule has 0 saturated heterocycles. The van der Waals surface area contributed by atoms with Crippen LogP contribution in [0.4, 0.5) is 5.69 Å². The first-order chi connectivity index (χ1) is 9.88. The summed E-state index contributed by atoms with van der Waals surface area (Å²) in [7, 11) is 1.51. The van der Waals surface area contributed by atoms with Crippen LogP contribution in [0.15, 0.2) is 18.2 Å². The number of rotatable bonds is 6. The number of methoxy groups -OCH3 is 1. The van der Waals surface area contributed by atoms with E-state index < -0.39 is 11.4 Å². The fourth-order valence-corrected chi connectivity index (χ4v) is 2.01. The fraction of sp³-hybridized carbons (Fsp3) is 0.467. The molecule has 1 amide bonds. The van der Waals surface area contributed by atoms with Crippen molar-refractivity contribution in [1.29, 1.82) is 0 Å². The van der Waals surface area contributed by atoms with Gasteiger partial charge in [0.15, 0.2) is 0 Å². The van der Waals surface area contributed by atoms with E-state index in [0.29, 0.717) is 17.0 Å². The highest BCUT2D eigenvalue weighted by atomic mass is 16.5. The van der Waals surface area contributed by atoms with Crippen LogP contribution in [0.25, 0.3) is 0 Å². The van der Waals surface area contributed by atoms with Crippen LogP contribution in [0, 0.1) is 0 Å². The number of carbonyl (C=O) groups excluding carboxylic acids is 2. The highest BCUT2D eigenvalue weighted by molar-refractivity contribution is 5.90. The number of amides is 1. The molecule has 1 aromatic carbocycles. The van der Waals surface area contributed by atoms with E-state index in [4.69, 9.17) is 15.2 Å². The third-order valence-corrected chi connectivity index (χ3v) is 3.25. The highest BCUT2D eigenvalue weighted by Crippen LogP contribution is 2.34. The van der Waals surface area contributed by atoms with Crippen molar-refractivity contribution in [2.45, 2.75) is 26.2 Å². The maximum atomic E-state index is 12.3. The van der Waals surface area contributed by atoms with Crippen LogP contribution in [0.3, 0.4) is 0 Å². The molecule has 116 valence electrons. The third kappa shape index (κ3) is 3.72. The van der Waals surface area contributed by atoms with E-state index in [1.807, 2.05) is 0 Å². The quantitative estimate of drug-likeness (QED) is 0.775. The van der Waals surface area contributed by atoms with E-state index in [-0.39, 0.29) is 19.1 Å². The molecule has 0 fully saturated rings. The molecule has 0 spiro atoms. The molecule has 1 rings (SSSR count). The average molecular weight is 294 g/mol. The summed E-state index contributed by atoms with van der Waals surface area (Å²) in [5.74, 6) is -0.104. The number of esters is 1. The summed E-state index contributed by atoms with van der Waals surface area (Å²) in [6.45, 7) is 5.17. The summed E-state index contributed by atoms with van der Waals surface area (Å²) in [6, 6.07) is 5.07. The molecular formula is C15H22N2O4. The summed E-state index contributed by atoms with van der Waals surface area (Å²) in [4.78, 5) is 23.4. The van der Waals surface area contributed by atoms with E-state index in [2.05, 4.69) is 5.32 Å². The molecule has 0 aliphatic rings. The molecule has 1 aromatic rings. The van der Waals surface area contributed by atoms with Crippen LogP contribution in [-0.4, -0.2) is 32.1 Å². The summed E-state index contributed by atoms with van der Waals surface area (Å²) >= 11 is 0. The number of ether oxygens (including phenoxy) is 2. The van der Waals surface area contributed by atoms with Crippen LogP contribution in [0.5, 0.6) is 5.75 Å². The molecule has 0 heterocycles. The Balaban J connectivity index is 3.34. The van der Waals surface area contributed by atoms with Gasteiger partial charge in [-0.1, -0.05) is 0 Å². The lowest BCUT2D eigenvalue weighted by Crippen LogP contribution is -2.41. The number of hydrogen-bond acceptors (Lipinski definition) is 5. The molecule has 1 unspecified atom stereocenters. The van der Waals surface area contributed by atoms with Crippen molar-refractivity contribution in [3.8, 4) is 5.75 Å². The predicted molar refractivity (Wildman–Crippen MR) is 80.3 cm³/mol. The molecule has 0 aliphatic heterocycles. The lowest BCUT2D eigenvalue weighted by atomic mass is 9.81. The average Bonchev–Trinajstić information content (AvgIpc) is 2.46. The van der Waals surface area contributed by atoms with E-state index >= 15 is 0 Å². The number of hydrogen-bond donors (Lipinski definition) is 2. The zero-order valence-electron chi connectivity index (χ0n) is 12.9. The van der Waals surface area contributed by atoms with Crippen LogP contribution >= 0.6 is 0 Å². The van der Waals surface area contributed by atoms with Gasteiger partial charge >= 0.3 is 5.97 Å². The summed E-state index contributed by atoms with van der Waals surface area (Å²) in [5, 5.41) is 2.68. The minimum Gasteiger partial charge on any atom is -0.496 e. The topological polar surface area (TPSA) is 90.6 Å². The van der Waals surface area contributed by atoms with Crippen molar-refractivity contribution in [2.24, 2.45) is 5.73 Å². The van der Waals surface area contributed by atoms with Gasteiger partial charge in [0.05, 0.1) is 13.7 Å². The Morgan fingerprint density at radius 3 is 2.52 bits per heavy atom. The molecule has 0 saturated carbocycles. The second-order valence-electron chi connectivity index (χ2n) is 4.85. The number of anilines is 1. The molecule has 0 bridgehead atoms. The second kappa shape index (κ2) is 7.08. The molecule has 6 nitrogen and oxygen atoms in total. The number of nitrogens with two attached hydrogens (primary N) is 1. The van der Waals surface area contributed by atoms with Crippen molar-refractivity contribution in [2.75, 3.05) is 25.6 Å². The van der Waals surface area contributed by atoms with Crippen LogP contribution in [0.2, 0.25) is 0 Å². The normalized spacial score (nSPS) is 13.2. The lowest BCUT2D eigenvalue weighted by molar-refractivity contribution is -0.149. The first-order valence-electron chi connectivity index (χ1n) is 6.72. The third-order valence-electron chi connectivity index (χ3n) is 3.25. The Hall–Kier alpha value is -2.08. The van der Waals surface area contributed by atoms with Crippen LogP contribution in [0.1, 0.15) is 26.3 Å². The van der Waals surface area contributed by atoms with Crippen molar-refractivity contribution in [3.05, 3.63) is 23.8 Å². The first kappa shape index (κ1) is 17.0. The largest absolute Gasteiger partial charge is 0.496 e. The van der Waals surface area contributed by atoms with Gasteiger partial charge in [0.2, 0.25) is 5.91 Å². The van der Waals surface area contributed by atoms with Crippen molar-refractivity contribution in [3.63, 3.8) is 0 Å². The van der Waals surface area contributed by atoms with Gasteiger partial charge in [-0.3, -0.25) is 9.59 Å². The van der Waals surface area contributed by atoms with Crippen LogP contribution in [-0.2, 0) is 19.7 Å². The van der Waals surface area contributed by atoms with Gasteiger partial charge in [-0.05, 0) is 32.0 Å². The van der Waals surface area contributed by atoms with Gasteiger partial charge in [0, 0.05) is 24.7 Å². The van der Waals surface area contributed by atoms with Gasteiger partial charge in [-0.15, -0.1) is 0 Å². The predicted octanol–water partition coefficient (Wildman–Crippen LogP) is 1.43. The van der Waals surface area contributed by atoms with E-state index in [1.54, 1.807) is 32.0 Å². The zero-order valence-corrected chi connectivity index (χ0v) is 12.9. The van der Waals surface area contributed by atoms with Gasteiger partial charge in [-0.25, -0.2) is 0 Å². The number of nitrogens with one attached hydrogen (secondary N) is 1. The van der Waals surface area contributed by atoms with Crippen molar-refractivity contribution in [1.82, 2.24) is 0 Å². The monoisotopic (exact) mass is 294 g/mol. The molecule has 3 N–H and O–H groups in total. The maximum Gasteiger partial charge on any atom is 0.317 e. The zero-order chi connectivity index (χ0) is 16.0. The maximum absolute atomic E-state index is 12.3. The Labute approximate surface area is 124 Å². The first-order valence-corrected chi connectivity index (χ1v) is 6.72. The highest BCUT2D eigenvalue weighted by Gasteiger charge is 2.38. The second-order valence-corrected chi connectivity index (χ2v) is 4.85. The Morgan fingerprint density at radius 1 is 1.38 bits per heavy atom. The number of carbonyl (C=O) groups is 2. The minimum atomic E-state index is -1.05. The van der Waals surface area contributed by atoms with Crippen molar-refractivity contribution >= 4 is 17.6 Å². The molecular weight excluding hydrogens is 272 g/mol. The fourth-order valence-electron chi connectivity index (χ4n) is 2.01. The van der Waals surface area contributed by atoms with Gasteiger partial charge < -0.3 is 20.5 Å². The van der Waals surface area contributed by atoms with E-state index in [9.17, 15) is 9.59 Å². The van der Waals surface area contributed by atoms with Crippen molar-refractivity contribution < 1.29 is 19.1 Å².